The molecule has 2 N–H and O–H groups in total. The second-order valence-electron chi connectivity index (χ2n) is 8.20. The van der Waals surface area contributed by atoms with E-state index in [9.17, 15) is 8.78 Å². The third-order valence-corrected chi connectivity index (χ3v) is 7.28. The van der Waals surface area contributed by atoms with E-state index in [4.69, 9.17) is 10.5 Å². The lowest BCUT2D eigenvalue weighted by molar-refractivity contribution is 0.287. The molecule has 2 saturated carbocycles. The summed E-state index contributed by atoms with van der Waals surface area (Å²) in [6, 6.07) is 4.21. The van der Waals surface area contributed by atoms with Crippen molar-refractivity contribution in [2.45, 2.75) is 31.1 Å². The standard InChI is InChI=1S/C22H22F2N4OS/c1-11-19-20(28-22(25)30-21(11)19)14-6-13(4-5-15(14)23)7-16(24)17-8-27-18(9-26-17)29-10-12-2-3-12/h4-9,11-12,19-21H,2-3,10H2,1H3,(H2,25,28)/b16-7-. The molecule has 30 heavy (non-hydrogen) atoms. The molecule has 4 unspecified atom stereocenters. The van der Waals surface area contributed by atoms with E-state index in [1.165, 1.54) is 43.4 Å². The molecule has 1 aromatic carbocycles. The summed E-state index contributed by atoms with van der Waals surface area (Å²) in [7, 11) is 0. The molecule has 1 aliphatic heterocycles. The van der Waals surface area contributed by atoms with E-state index in [0.717, 1.165) is 0 Å². The van der Waals surface area contributed by atoms with Gasteiger partial charge in [0.2, 0.25) is 5.88 Å². The van der Waals surface area contributed by atoms with Gasteiger partial charge in [-0.05, 0) is 48.4 Å². The summed E-state index contributed by atoms with van der Waals surface area (Å²) in [5.74, 6) is 0.781. The van der Waals surface area contributed by atoms with Crippen molar-refractivity contribution < 1.29 is 13.5 Å². The Bertz CT molecular complexity index is 1020. The Morgan fingerprint density at radius 2 is 2.13 bits per heavy atom. The van der Waals surface area contributed by atoms with Gasteiger partial charge in [-0.1, -0.05) is 24.8 Å². The Labute approximate surface area is 177 Å². The van der Waals surface area contributed by atoms with Gasteiger partial charge in [0.25, 0.3) is 0 Å². The second-order valence-corrected chi connectivity index (χ2v) is 9.40. The first-order valence-corrected chi connectivity index (χ1v) is 11.0. The predicted octanol–water partition coefficient (Wildman–Crippen LogP) is 4.61. The monoisotopic (exact) mass is 428 g/mol. The van der Waals surface area contributed by atoms with E-state index in [0.29, 0.717) is 45.9 Å². The molecule has 0 radical (unpaired) electrons. The Morgan fingerprint density at radius 3 is 2.87 bits per heavy atom. The number of hydrogen-bond acceptors (Lipinski definition) is 6. The number of ether oxygens (including phenoxy) is 1. The van der Waals surface area contributed by atoms with Crippen LogP contribution in [0.15, 0.2) is 35.6 Å². The van der Waals surface area contributed by atoms with Crippen LogP contribution in [0.3, 0.4) is 0 Å². The zero-order chi connectivity index (χ0) is 20.8. The van der Waals surface area contributed by atoms with Gasteiger partial charge in [-0.15, -0.1) is 0 Å². The fraction of sp³-hybridized carbons (Fsp3) is 0.409. The molecule has 2 aliphatic carbocycles. The highest BCUT2D eigenvalue weighted by Crippen LogP contribution is 2.58. The smallest absolute Gasteiger partial charge is 0.232 e. The van der Waals surface area contributed by atoms with Crippen molar-refractivity contribution in [3.8, 4) is 5.88 Å². The minimum absolute atomic E-state index is 0.104. The van der Waals surface area contributed by atoms with E-state index in [-0.39, 0.29) is 23.5 Å². The van der Waals surface area contributed by atoms with Gasteiger partial charge in [-0.25, -0.2) is 18.7 Å². The molecule has 2 fully saturated rings. The summed E-state index contributed by atoms with van der Waals surface area (Å²) in [6.07, 6.45) is 6.46. The van der Waals surface area contributed by atoms with Crippen molar-refractivity contribution >= 4 is 28.8 Å². The van der Waals surface area contributed by atoms with Gasteiger partial charge in [-0.2, -0.15) is 0 Å². The number of thioether (sulfide) groups is 1. The fourth-order valence-electron chi connectivity index (χ4n) is 3.88. The van der Waals surface area contributed by atoms with Gasteiger partial charge < -0.3 is 10.5 Å². The largest absolute Gasteiger partial charge is 0.476 e. The van der Waals surface area contributed by atoms with Gasteiger partial charge in [0, 0.05) is 16.7 Å². The minimum atomic E-state index is -0.548. The maximum atomic E-state index is 14.7. The van der Waals surface area contributed by atoms with Crippen LogP contribution in [-0.4, -0.2) is 27.0 Å². The highest BCUT2D eigenvalue weighted by atomic mass is 32.2. The molecule has 2 heterocycles. The van der Waals surface area contributed by atoms with Crippen molar-refractivity contribution in [3.63, 3.8) is 0 Å². The molecule has 5 nitrogen and oxygen atoms in total. The Morgan fingerprint density at radius 1 is 1.30 bits per heavy atom. The van der Waals surface area contributed by atoms with Gasteiger partial charge in [0.05, 0.1) is 25.0 Å². The van der Waals surface area contributed by atoms with E-state index >= 15 is 0 Å². The van der Waals surface area contributed by atoms with Gasteiger partial charge in [-0.3, -0.25) is 4.99 Å². The van der Waals surface area contributed by atoms with E-state index < -0.39 is 5.83 Å². The summed E-state index contributed by atoms with van der Waals surface area (Å²) in [6.45, 7) is 2.75. The number of nitrogens with zero attached hydrogens (tertiary/aromatic N) is 3. The molecule has 4 atom stereocenters. The summed E-state index contributed by atoms with van der Waals surface area (Å²) in [5, 5.41) is 0.857. The maximum Gasteiger partial charge on any atom is 0.232 e. The van der Waals surface area contributed by atoms with Crippen molar-refractivity contribution in [1.82, 2.24) is 9.97 Å². The molecule has 2 aromatic rings. The normalized spacial score (nSPS) is 28.0. The summed E-state index contributed by atoms with van der Waals surface area (Å²) < 4.78 is 34.8. The Hall–Kier alpha value is -2.48. The first kappa shape index (κ1) is 19.5. The molecule has 0 spiro atoms. The molecule has 8 heteroatoms. The molecule has 0 bridgehead atoms. The first-order valence-electron chi connectivity index (χ1n) is 10.1. The number of halogens is 2. The molecular formula is C22H22F2N4OS. The zero-order valence-corrected chi connectivity index (χ0v) is 17.3. The number of rotatable bonds is 6. The molecule has 0 amide bonds. The Balaban J connectivity index is 1.36. The number of amidine groups is 1. The number of fused-ring (bicyclic) bond motifs is 1. The fourth-order valence-corrected chi connectivity index (χ4v) is 5.19. The predicted molar refractivity (Wildman–Crippen MR) is 114 cm³/mol. The summed E-state index contributed by atoms with van der Waals surface area (Å²) in [4.78, 5) is 12.7. The van der Waals surface area contributed by atoms with Crippen LogP contribution in [0, 0.1) is 23.6 Å². The van der Waals surface area contributed by atoms with Gasteiger partial charge in [0.15, 0.2) is 11.0 Å². The molecular weight excluding hydrogens is 406 g/mol. The molecule has 0 saturated heterocycles. The lowest BCUT2D eigenvalue weighted by Crippen LogP contribution is -2.17. The molecule has 1 aromatic heterocycles. The molecule has 3 aliphatic rings. The number of hydrogen-bond donors (Lipinski definition) is 1. The highest BCUT2D eigenvalue weighted by Gasteiger charge is 2.55. The van der Waals surface area contributed by atoms with Crippen LogP contribution in [0.5, 0.6) is 5.88 Å². The average molecular weight is 429 g/mol. The lowest BCUT2D eigenvalue weighted by atomic mass is 9.98. The third-order valence-electron chi connectivity index (χ3n) is 5.92. The highest BCUT2D eigenvalue weighted by molar-refractivity contribution is 8.14. The van der Waals surface area contributed by atoms with Crippen LogP contribution in [0.1, 0.15) is 42.6 Å². The van der Waals surface area contributed by atoms with E-state index in [2.05, 4.69) is 21.9 Å². The SMILES string of the molecule is CC1C2SC(N)=NC(c3cc(/C=C(\F)c4cnc(OCC5CC5)cn4)ccc3F)C12. The van der Waals surface area contributed by atoms with Gasteiger partial charge in [0.1, 0.15) is 11.5 Å². The maximum absolute atomic E-state index is 14.7. The number of nitrogens with two attached hydrogens (primary N) is 1. The number of aromatic nitrogens is 2. The van der Waals surface area contributed by atoms with E-state index in [1.54, 1.807) is 17.8 Å². The van der Waals surface area contributed by atoms with Crippen molar-refractivity contribution in [2.24, 2.45) is 28.5 Å². The lowest BCUT2D eigenvalue weighted by Gasteiger charge is -2.19. The van der Waals surface area contributed by atoms with Crippen LogP contribution < -0.4 is 10.5 Å². The van der Waals surface area contributed by atoms with Gasteiger partial charge >= 0.3 is 0 Å². The van der Waals surface area contributed by atoms with Crippen molar-refractivity contribution in [2.75, 3.05) is 6.61 Å². The van der Waals surface area contributed by atoms with Crippen LogP contribution in [0.2, 0.25) is 0 Å². The minimum Gasteiger partial charge on any atom is -0.476 e. The second kappa shape index (κ2) is 7.65. The first-order chi connectivity index (χ1) is 14.5. The zero-order valence-electron chi connectivity index (χ0n) is 16.5. The number of aliphatic imine (C=N–C) groups is 1. The van der Waals surface area contributed by atoms with Crippen LogP contribution in [-0.2, 0) is 0 Å². The van der Waals surface area contributed by atoms with Crippen LogP contribution >= 0.6 is 11.8 Å². The molecule has 156 valence electrons. The molecule has 5 rings (SSSR count). The van der Waals surface area contributed by atoms with Crippen LogP contribution in [0.25, 0.3) is 11.9 Å². The summed E-state index contributed by atoms with van der Waals surface area (Å²) in [5.41, 5.74) is 7.03. The van der Waals surface area contributed by atoms with Crippen molar-refractivity contribution in [3.05, 3.63) is 53.2 Å². The Kier molecular flexibility index (Phi) is 4.97. The van der Waals surface area contributed by atoms with Crippen molar-refractivity contribution in [1.29, 1.82) is 0 Å². The van der Waals surface area contributed by atoms with E-state index in [1.807, 2.05) is 0 Å². The average Bonchev–Trinajstić information content (AvgIpc) is 3.66. The topological polar surface area (TPSA) is 73.4 Å². The third kappa shape index (κ3) is 3.93. The quantitative estimate of drug-likeness (QED) is 0.727. The number of benzene rings is 1. The van der Waals surface area contributed by atoms with Crippen LogP contribution in [0.4, 0.5) is 8.78 Å². The summed E-state index contributed by atoms with van der Waals surface area (Å²) >= 11 is 1.56.